The third-order valence-corrected chi connectivity index (χ3v) is 5.13. The number of aryl methyl sites for hydroxylation is 2. The molecule has 0 bridgehead atoms. The molecule has 0 saturated carbocycles. The molecule has 31 heavy (non-hydrogen) atoms. The molecule has 0 unspecified atom stereocenters. The Morgan fingerprint density at radius 2 is 1.87 bits per heavy atom. The summed E-state index contributed by atoms with van der Waals surface area (Å²) in [6.07, 6.45) is 1.38. The first kappa shape index (κ1) is 20.7. The number of carbonyl (C=O) groups excluding carboxylic acids is 2. The van der Waals surface area contributed by atoms with Gasteiger partial charge in [0.25, 0.3) is 5.91 Å². The largest absolute Gasteiger partial charge is 0.490 e. The molecular weight excluding hydrogens is 396 g/mol. The molecule has 3 aromatic rings. The number of pyridine rings is 1. The van der Waals surface area contributed by atoms with Crippen LogP contribution in [0.3, 0.4) is 0 Å². The second kappa shape index (κ2) is 9.04. The number of hydrogen-bond acceptors (Lipinski definition) is 6. The zero-order valence-electron chi connectivity index (χ0n) is 17.6. The number of fused-ring (bicyclic) bond motifs is 2. The molecule has 0 fully saturated rings. The van der Waals surface area contributed by atoms with E-state index in [1.54, 1.807) is 18.2 Å². The Morgan fingerprint density at radius 3 is 2.68 bits per heavy atom. The Hall–Kier alpha value is -3.61. The third kappa shape index (κ3) is 4.45. The van der Waals surface area contributed by atoms with E-state index in [9.17, 15) is 9.59 Å². The molecule has 0 saturated heterocycles. The Bertz CT molecular complexity index is 1140. The third-order valence-electron chi connectivity index (χ3n) is 5.13. The lowest BCUT2D eigenvalue weighted by molar-refractivity contribution is -0.119. The first-order valence-electron chi connectivity index (χ1n) is 10.3. The molecule has 1 aromatic heterocycles. The summed E-state index contributed by atoms with van der Waals surface area (Å²) in [6.45, 7) is 4.56. The standard InChI is InChI=1S/C24H24N2O5/c1-3-18-23(15(2)17-7-4-5-8-19(17)26-18)24(28)31-14-22(27)25-16-9-10-20-21(13-16)30-12-6-11-29-20/h4-5,7-10,13H,3,6,11-12,14H2,1-2H3,(H,25,27). The SMILES string of the molecule is CCc1nc2ccccc2c(C)c1C(=O)OCC(=O)Nc1ccc2c(c1)OCCCO2. The van der Waals surface area contributed by atoms with Crippen LogP contribution in [0.1, 0.15) is 35.0 Å². The van der Waals surface area contributed by atoms with Crippen molar-refractivity contribution >= 4 is 28.5 Å². The van der Waals surface area contributed by atoms with Gasteiger partial charge in [0.15, 0.2) is 18.1 Å². The van der Waals surface area contributed by atoms with Gasteiger partial charge in [0.1, 0.15) is 0 Å². The van der Waals surface area contributed by atoms with Gasteiger partial charge in [0.05, 0.1) is 30.0 Å². The minimum Gasteiger partial charge on any atom is -0.490 e. The zero-order valence-corrected chi connectivity index (χ0v) is 17.6. The first-order valence-corrected chi connectivity index (χ1v) is 10.3. The van der Waals surface area contributed by atoms with E-state index in [4.69, 9.17) is 14.2 Å². The smallest absolute Gasteiger partial charge is 0.340 e. The highest BCUT2D eigenvalue weighted by Gasteiger charge is 2.20. The average Bonchev–Trinajstić information content (AvgIpc) is 3.02. The monoisotopic (exact) mass is 420 g/mol. The van der Waals surface area contributed by atoms with Crippen LogP contribution >= 0.6 is 0 Å². The van der Waals surface area contributed by atoms with E-state index in [1.165, 1.54) is 0 Å². The van der Waals surface area contributed by atoms with Crippen LogP contribution in [0.2, 0.25) is 0 Å². The van der Waals surface area contributed by atoms with Crippen molar-refractivity contribution in [2.24, 2.45) is 0 Å². The molecule has 2 aromatic carbocycles. The van der Waals surface area contributed by atoms with Gasteiger partial charge in [-0.3, -0.25) is 9.78 Å². The average molecular weight is 420 g/mol. The van der Waals surface area contributed by atoms with Crippen LogP contribution in [0.15, 0.2) is 42.5 Å². The minimum absolute atomic E-state index is 0.400. The number of nitrogens with one attached hydrogen (secondary N) is 1. The van der Waals surface area contributed by atoms with Gasteiger partial charge in [-0.15, -0.1) is 0 Å². The molecule has 7 heteroatoms. The number of anilines is 1. The number of ether oxygens (including phenoxy) is 3. The van der Waals surface area contributed by atoms with Crippen LogP contribution < -0.4 is 14.8 Å². The molecular formula is C24H24N2O5. The number of para-hydroxylation sites is 1. The number of esters is 1. The van der Waals surface area contributed by atoms with Crippen molar-refractivity contribution in [2.45, 2.75) is 26.7 Å². The molecule has 0 atom stereocenters. The van der Waals surface area contributed by atoms with Crippen molar-refractivity contribution in [3.63, 3.8) is 0 Å². The van der Waals surface area contributed by atoms with Gasteiger partial charge in [0, 0.05) is 23.6 Å². The molecule has 1 aliphatic rings. The fraction of sp³-hybridized carbons (Fsp3) is 0.292. The number of aromatic nitrogens is 1. The molecule has 0 spiro atoms. The number of hydrogen-bond donors (Lipinski definition) is 1. The number of benzene rings is 2. The Balaban J connectivity index is 1.45. The van der Waals surface area contributed by atoms with Gasteiger partial charge < -0.3 is 19.5 Å². The van der Waals surface area contributed by atoms with Crippen molar-refractivity contribution in [1.29, 1.82) is 0 Å². The van der Waals surface area contributed by atoms with E-state index >= 15 is 0 Å². The lowest BCUT2D eigenvalue weighted by Crippen LogP contribution is -2.22. The Labute approximate surface area is 180 Å². The maximum absolute atomic E-state index is 12.8. The van der Waals surface area contributed by atoms with Gasteiger partial charge in [-0.25, -0.2) is 4.79 Å². The van der Waals surface area contributed by atoms with E-state index < -0.39 is 18.5 Å². The lowest BCUT2D eigenvalue weighted by atomic mass is 10.0. The van der Waals surface area contributed by atoms with Crippen molar-refractivity contribution in [2.75, 3.05) is 25.1 Å². The van der Waals surface area contributed by atoms with Gasteiger partial charge in [-0.1, -0.05) is 25.1 Å². The highest BCUT2D eigenvalue weighted by Crippen LogP contribution is 2.32. The quantitative estimate of drug-likeness (QED) is 0.627. The summed E-state index contributed by atoms with van der Waals surface area (Å²) < 4.78 is 16.5. The van der Waals surface area contributed by atoms with Crippen LogP contribution in [0.25, 0.3) is 10.9 Å². The van der Waals surface area contributed by atoms with Crippen molar-refractivity contribution in [3.8, 4) is 11.5 Å². The van der Waals surface area contributed by atoms with Gasteiger partial charge in [-0.2, -0.15) is 0 Å². The molecule has 4 rings (SSSR count). The van der Waals surface area contributed by atoms with Crippen molar-refractivity contribution < 1.29 is 23.8 Å². The van der Waals surface area contributed by atoms with Crippen LogP contribution in [0.5, 0.6) is 11.5 Å². The first-order chi connectivity index (χ1) is 15.1. The van der Waals surface area contributed by atoms with Crippen LogP contribution in [-0.4, -0.2) is 36.7 Å². The van der Waals surface area contributed by atoms with Crippen molar-refractivity contribution in [3.05, 3.63) is 59.3 Å². The van der Waals surface area contributed by atoms with Gasteiger partial charge >= 0.3 is 5.97 Å². The van der Waals surface area contributed by atoms with E-state index in [0.717, 1.165) is 22.9 Å². The molecule has 7 nitrogen and oxygen atoms in total. The van der Waals surface area contributed by atoms with Crippen LogP contribution in [0, 0.1) is 6.92 Å². The Morgan fingerprint density at radius 1 is 1.10 bits per heavy atom. The fourth-order valence-electron chi connectivity index (χ4n) is 3.61. The summed E-state index contributed by atoms with van der Waals surface area (Å²) >= 11 is 0. The lowest BCUT2D eigenvalue weighted by Gasteiger charge is -2.14. The minimum atomic E-state index is -0.554. The summed E-state index contributed by atoms with van der Waals surface area (Å²) in [5.74, 6) is 0.236. The maximum atomic E-state index is 12.8. The topological polar surface area (TPSA) is 86.8 Å². The number of amides is 1. The summed E-state index contributed by atoms with van der Waals surface area (Å²) in [4.78, 5) is 29.7. The maximum Gasteiger partial charge on any atom is 0.340 e. The van der Waals surface area contributed by atoms with E-state index in [2.05, 4.69) is 10.3 Å². The van der Waals surface area contributed by atoms with E-state index in [-0.39, 0.29) is 0 Å². The van der Waals surface area contributed by atoms with Crippen LogP contribution in [-0.2, 0) is 16.0 Å². The summed E-state index contributed by atoms with van der Waals surface area (Å²) in [6, 6.07) is 12.8. The fourth-order valence-corrected chi connectivity index (χ4v) is 3.61. The predicted octanol–water partition coefficient (Wildman–Crippen LogP) is 4.06. The molecule has 1 aliphatic heterocycles. The van der Waals surface area contributed by atoms with E-state index in [0.29, 0.717) is 48.1 Å². The summed E-state index contributed by atoms with van der Waals surface area (Å²) in [5, 5.41) is 3.62. The summed E-state index contributed by atoms with van der Waals surface area (Å²) in [7, 11) is 0. The Kier molecular flexibility index (Phi) is 6.02. The highest BCUT2D eigenvalue weighted by molar-refractivity contribution is 6.00. The normalized spacial score (nSPS) is 12.8. The zero-order chi connectivity index (χ0) is 21.8. The second-order valence-electron chi connectivity index (χ2n) is 7.27. The highest BCUT2D eigenvalue weighted by atomic mass is 16.5. The van der Waals surface area contributed by atoms with Crippen molar-refractivity contribution in [1.82, 2.24) is 4.98 Å². The number of nitrogens with zero attached hydrogens (tertiary/aromatic N) is 1. The van der Waals surface area contributed by atoms with E-state index in [1.807, 2.05) is 38.1 Å². The van der Waals surface area contributed by atoms with Crippen LogP contribution in [0.4, 0.5) is 5.69 Å². The number of carbonyl (C=O) groups is 2. The van der Waals surface area contributed by atoms with Gasteiger partial charge in [0.2, 0.25) is 0 Å². The summed E-state index contributed by atoms with van der Waals surface area (Å²) in [5.41, 5.74) is 3.26. The predicted molar refractivity (Wildman–Crippen MR) is 117 cm³/mol. The molecule has 0 radical (unpaired) electrons. The van der Waals surface area contributed by atoms with Gasteiger partial charge in [-0.05, 0) is 37.1 Å². The molecule has 0 aliphatic carbocycles. The molecule has 160 valence electrons. The molecule has 2 heterocycles. The number of rotatable bonds is 5. The molecule has 1 amide bonds. The second-order valence-corrected chi connectivity index (χ2v) is 7.27. The molecule has 1 N–H and O–H groups in total.